The van der Waals surface area contributed by atoms with Gasteiger partial charge in [0.15, 0.2) is 0 Å². The lowest BCUT2D eigenvalue weighted by Gasteiger charge is -2.20. The van der Waals surface area contributed by atoms with Gasteiger partial charge in [0.1, 0.15) is 16.3 Å². The summed E-state index contributed by atoms with van der Waals surface area (Å²) in [4.78, 5) is 40.2. The molecule has 8 heteroatoms. The molecule has 1 amide bonds. The van der Waals surface area contributed by atoms with Gasteiger partial charge in [0.25, 0.3) is 11.5 Å². The first kappa shape index (κ1) is 15.9. The highest BCUT2D eigenvalue weighted by Gasteiger charge is 2.23. The lowest BCUT2D eigenvalue weighted by molar-refractivity contribution is 0.0757. The predicted molar refractivity (Wildman–Crippen MR) is 95.0 cm³/mol. The Balaban J connectivity index is 1.64. The molecular formula is C17H17N5O2S. The fourth-order valence-electron chi connectivity index (χ4n) is 3.15. The molecular weight excluding hydrogens is 338 g/mol. The SMILES string of the molecule is Cc1ncc(C(=O)N2CCc3nc4ccsc4c(=O)n3CC2)c(C)n1. The first-order chi connectivity index (χ1) is 12.0. The molecule has 4 heterocycles. The third-order valence-electron chi connectivity index (χ3n) is 4.46. The molecule has 1 aliphatic heterocycles. The topological polar surface area (TPSA) is 81.0 Å². The van der Waals surface area contributed by atoms with Crippen LogP contribution < -0.4 is 5.56 Å². The van der Waals surface area contributed by atoms with Crippen LogP contribution in [0.15, 0.2) is 22.4 Å². The zero-order valence-corrected chi connectivity index (χ0v) is 14.8. The summed E-state index contributed by atoms with van der Waals surface area (Å²) in [5, 5.41) is 1.88. The van der Waals surface area contributed by atoms with Crippen molar-refractivity contribution in [3.63, 3.8) is 0 Å². The molecule has 0 fully saturated rings. The molecule has 0 saturated heterocycles. The highest BCUT2D eigenvalue weighted by atomic mass is 32.1. The van der Waals surface area contributed by atoms with Crippen LogP contribution in [0.4, 0.5) is 0 Å². The van der Waals surface area contributed by atoms with E-state index in [0.717, 1.165) is 11.3 Å². The lowest BCUT2D eigenvalue weighted by Crippen LogP contribution is -2.35. The van der Waals surface area contributed by atoms with Gasteiger partial charge in [-0.3, -0.25) is 14.2 Å². The summed E-state index contributed by atoms with van der Waals surface area (Å²) < 4.78 is 2.37. The minimum absolute atomic E-state index is 0.0147. The van der Waals surface area contributed by atoms with Gasteiger partial charge in [0.05, 0.1) is 16.8 Å². The van der Waals surface area contributed by atoms with Gasteiger partial charge in [-0.1, -0.05) is 0 Å². The molecule has 0 radical (unpaired) electrons. The Bertz CT molecular complexity index is 1040. The minimum Gasteiger partial charge on any atom is -0.336 e. The molecule has 0 aromatic carbocycles. The van der Waals surface area contributed by atoms with E-state index >= 15 is 0 Å². The number of nitrogens with zero attached hydrogens (tertiary/aromatic N) is 5. The average molecular weight is 355 g/mol. The summed E-state index contributed by atoms with van der Waals surface area (Å²) in [6.07, 6.45) is 2.14. The zero-order chi connectivity index (χ0) is 17.6. The van der Waals surface area contributed by atoms with E-state index in [1.807, 2.05) is 18.4 Å². The smallest absolute Gasteiger partial charge is 0.271 e. The highest BCUT2D eigenvalue weighted by molar-refractivity contribution is 7.17. The number of aromatic nitrogens is 4. The van der Waals surface area contributed by atoms with E-state index in [1.165, 1.54) is 11.3 Å². The number of fused-ring (bicyclic) bond motifs is 2. The Morgan fingerprint density at radius 3 is 2.84 bits per heavy atom. The Hall–Kier alpha value is -2.61. The van der Waals surface area contributed by atoms with Crippen LogP contribution in [0.25, 0.3) is 10.2 Å². The molecule has 0 atom stereocenters. The third kappa shape index (κ3) is 2.72. The number of aryl methyl sites for hydroxylation is 2. The maximum absolute atomic E-state index is 12.8. The van der Waals surface area contributed by atoms with E-state index in [9.17, 15) is 9.59 Å². The lowest BCUT2D eigenvalue weighted by atomic mass is 10.2. The van der Waals surface area contributed by atoms with E-state index in [-0.39, 0.29) is 11.5 Å². The Labute approximate surface area is 148 Å². The molecule has 0 bridgehead atoms. The van der Waals surface area contributed by atoms with Gasteiger partial charge in [0, 0.05) is 32.3 Å². The first-order valence-corrected chi connectivity index (χ1v) is 8.99. The maximum Gasteiger partial charge on any atom is 0.271 e. The third-order valence-corrected chi connectivity index (χ3v) is 5.35. The molecule has 0 N–H and O–H groups in total. The van der Waals surface area contributed by atoms with E-state index in [1.54, 1.807) is 22.6 Å². The normalized spacial score (nSPS) is 14.4. The monoisotopic (exact) mass is 355 g/mol. The summed E-state index contributed by atoms with van der Waals surface area (Å²) in [7, 11) is 0. The van der Waals surface area contributed by atoms with Gasteiger partial charge in [-0.2, -0.15) is 0 Å². The second kappa shape index (κ2) is 6.03. The highest BCUT2D eigenvalue weighted by Crippen LogP contribution is 2.17. The fourth-order valence-corrected chi connectivity index (χ4v) is 3.92. The van der Waals surface area contributed by atoms with Crippen molar-refractivity contribution in [1.82, 2.24) is 24.4 Å². The number of carbonyl (C=O) groups excluding carboxylic acids is 1. The molecule has 4 rings (SSSR count). The van der Waals surface area contributed by atoms with Crippen LogP contribution in [0.3, 0.4) is 0 Å². The predicted octanol–water partition coefficient (Wildman–Crippen LogP) is 1.56. The number of amides is 1. The molecule has 3 aromatic heterocycles. The van der Waals surface area contributed by atoms with Crippen LogP contribution >= 0.6 is 11.3 Å². The van der Waals surface area contributed by atoms with E-state index in [2.05, 4.69) is 15.0 Å². The summed E-state index contributed by atoms with van der Waals surface area (Å²) in [6.45, 7) is 5.06. The summed E-state index contributed by atoms with van der Waals surface area (Å²) in [5.74, 6) is 1.29. The average Bonchev–Trinajstić information content (AvgIpc) is 2.94. The van der Waals surface area contributed by atoms with Crippen molar-refractivity contribution in [1.29, 1.82) is 0 Å². The number of carbonyl (C=O) groups is 1. The number of hydrogen-bond acceptors (Lipinski definition) is 6. The van der Waals surface area contributed by atoms with Crippen molar-refractivity contribution in [3.05, 3.63) is 50.9 Å². The summed E-state index contributed by atoms with van der Waals surface area (Å²) in [6, 6.07) is 1.86. The van der Waals surface area contributed by atoms with Crippen molar-refractivity contribution in [2.75, 3.05) is 13.1 Å². The Kier molecular flexibility index (Phi) is 3.84. The second-order valence-corrected chi connectivity index (χ2v) is 6.99. The molecule has 0 saturated carbocycles. The molecule has 7 nitrogen and oxygen atoms in total. The molecule has 0 spiro atoms. The van der Waals surface area contributed by atoms with Crippen LogP contribution in [0.2, 0.25) is 0 Å². The van der Waals surface area contributed by atoms with Gasteiger partial charge in [-0.05, 0) is 25.3 Å². The van der Waals surface area contributed by atoms with Crippen molar-refractivity contribution >= 4 is 27.5 Å². The van der Waals surface area contributed by atoms with Crippen molar-refractivity contribution < 1.29 is 4.79 Å². The molecule has 128 valence electrons. The Morgan fingerprint density at radius 1 is 1.20 bits per heavy atom. The van der Waals surface area contributed by atoms with Gasteiger partial charge in [-0.15, -0.1) is 11.3 Å². The van der Waals surface area contributed by atoms with Crippen LogP contribution in [0, 0.1) is 13.8 Å². The fraction of sp³-hybridized carbons (Fsp3) is 0.353. The van der Waals surface area contributed by atoms with E-state index in [4.69, 9.17) is 0 Å². The van der Waals surface area contributed by atoms with E-state index in [0.29, 0.717) is 47.8 Å². The quantitative estimate of drug-likeness (QED) is 0.662. The summed E-state index contributed by atoms with van der Waals surface area (Å²) >= 11 is 1.41. The largest absolute Gasteiger partial charge is 0.336 e. The standard InChI is InChI=1S/C17H17N5O2S/c1-10-12(9-18-11(2)19-10)16(23)21-5-3-14-20-13-4-8-25-15(13)17(24)22(14)7-6-21/h4,8-9H,3,5-7H2,1-2H3. The Morgan fingerprint density at radius 2 is 2.04 bits per heavy atom. The molecule has 25 heavy (non-hydrogen) atoms. The van der Waals surface area contributed by atoms with Gasteiger partial charge >= 0.3 is 0 Å². The van der Waals surface area contributed by atoms with Gasteiger partial charge in [-0.25, -0.2) is 15.0 Å². The van der Waals surface area contributed by atoms with Crippen LogP contribution in [-0.2, 0) is 13.0 Å². The van der Waals surface area contributed by atoms with Crippen molar-refractivity contribution in [2.45, 2.75) is 26.8 Å². The van der Waals surface area contributed by atoms with E-state index < -0.39 is 0 Å². The zero-order valence-electron chi connectivity index (χ0n) is 14.0. The van der Waals surface area contributed by atoms with Gasteiger partial charge < -0.3 is 4.90 Å². The summed E-state index contributed by atoms with van der Waals surface area (Å²) in [5.41, 5.74) is 1.91. The molecule has 3 aromatic rings. The molecule has 0 unspecified atom stereocenters. The number of rotatable bonds is 1. The molecule has 0 aliphatic carbocycles. The molecule has 1 aliphatic rings. The van der Waals surface area contributed by atoms with Crippen molar-refractivity contribution in [3.8, 4) is 0 Å². The van der Waals surface area contributed by atoms with Crippen molar-refractivity contribution in [2.24, 2.45) is 0 Å². The number of hydrogen-bond donors (Lipinski definition) is 0. The minimum atomic E-state index is -0.0971. The van der Waals surface area contributed by atoms with Gasteiger partial charge in [0.2, 0.25) is 0 Å². The first-order valence-electron chi connectivity index (χ1n) is 8.11. The van der Waals surface area contributed by atoms with Crippen LogP contribution in [0.5, 0.6) is 0 Å². The maximum atomic E-state index is 12.8. The van der Waals surface area contributed by atoms with Crippen LogP contribution in [0.1, 0.15) is 27.7 Å². The van der Waals surface area contributed by atoms with Crippen LogP contribution in [-0.4, -0.2) is 43.4 Å². The second-order valence-electron chi connectivity index (χ2n) is 6.08. The number of thiophene rings is 1.